The van der Waals surface area contributed by atoms with Crippen molar-refractivity contribution < 1.29 is 57.4 Å². The average Bonchev–Trinajstić information content (AvgIpc) is 3.03. The van der Waals surface area contributed by atoms with Gasteiger partial charge in [-0.1, -0.05) is 12.1 Å². The van der Waals surface area contributed by atoms with Crippen LogP contribution in [0.1, 0.15) is 37.8 Å². The van der Waals surface area contributed by atoms with Crippen molar-refractivity contribution >= 4 is 23.9 Å². The predicted octanol–water partition coefficient (Wildman–Crippen LogP) is 3.04. The third-order valence-corrected chi connectivity index (χ3v) is 7.17. The molecule has 1 atom stereocenters. The van der Waals surface area contributed by atoms with Crippen LogP contribution in [0.2, 0.25) is 0 Å². The van der Waals surface area contributed by atoms with Crippen molar-refractivity contribution in [1.29, 1.82) is 0 Å². The molecule has 248 valence electrons. The van der Waals surface area contributed by atoms with Crippen molar-refractivity contribution in [3.05, 3.63) is 47.5 Å². The van der Waals surface area contributed by atoms with E-state index in [0.29, 0.717) is 43.2 Å². The van der Waals surface area contributed by atoms with E-state index in [9.17, 15) is 19.2 Å². The second kappa shape index (κ2) is 16.5. The fourth-order valence-electron chi connectivity index (χ4n) is 4.69. The number of rotatable bonds is 17. The molecular weight excluding hydrogens is 590 g/mol. The summed E-state index contributed by atoms with van der Waals surface area (Å²) in [6, 6.07) is 10.3. The number of carbonyl (C=O) groups is 4. The highest BCUT2D eigenvalue weighted by molar-refractivity contribution is 6.28. The molecule has 45 heavy (non-hydrogen) atoms. The second-order valence-electron chi connectivity index (χ2n) is 10.8. The van der Waals surface area contributed by atoms with Crippen molar-refractivity contribution in [2.45, 2.75) is 44.1 Å². The molecule has 0 spiro atoms. The molecule has 0 bridgehead atoms. The van der Waals surface area contributed by atoms with E-state index in [0.717, 1.165) is 5.56 Å². The zero-order valence-electron chi connectivity index (χ0n) is 27.1. The number of esters is 3. The Morgan fingerprint density at radius 1 is 0.778 bits per heavy atom. The summed E-state index contributed by atoms with van der Waals surface area (Å²) < 4.78 is 37.1. The number of carboxylic acid groups (broad SMARTS) is 1. The topological polar surface area (TPSA) is 156 Å². The van der Waals surface area contributed by atoms with Gasteiger partial charge in [0.05, 0.1) is 35.5 Å². The quantitative estimate of drug-likeness (QED) is 0.117. The van der Waals surface area contributed by atoms with E-state index in [4.69, 9.17) is 38.3 Å². The summed E-state index contributed by atoms with van der Waals surface area (Å²) in [5.41, 5.74) is -2.16. The average molecular weight is 634 g/mol. The molecule has 0 aromatic heterocycles. The van der Waals surface area contributed by atoms with Gasteiger partial charge in [-0.15, -0.1) is 0 Å². The van der Waals surface area contributed by atoms with Crippen molar-refractivity contribution in [2.75, 3.05) is 62.3 Å². The van der Waals surface area contributed by atoms with Crippen LogP contribution >= 0.6 is 0 Å². The van der Waals surface area contributed by atoms with Crippen molar-refractivity contribution in [3.8, 4) is 23.0 Å². The van der Waals surface area contributed by atoms with Crippen LogP contribution in [0.15, 0.2) is 36.4 Å². The first-order chi connectivity index (χ1) is 21.3. The number of ether oxygens (including phenoxy) is 7. The molecule has 13 nitrogen and oxygen atoms in total. The summed E-state index contributed by atoms with van der Waals surface area (Å²) in [7, 11) is 9.13. The highest BCUT2D eigenvalue weighted by Crippen LogP contribution is 2.39. The number of hydrogen-bond acceptors (Lipinski definition) is 12. The Hall–Kier alpha value is -4.52. The van der Waals surface area contributed by atoms with E-state index in [2.05, 4.69) is 4.90 Å². The Bertz CT molecular complexity index is 1340. The summed E-state index contributed by atoms with van der Waals surface area (Å²) in [4.78, 5) is 52.1. The number of likely N-dealkylation sites (N-methyl/N-ethyl adjacent to an activating group) is 1. The predicted molar refractivity (Wildman–Crippen MR) is 162 cm³/mol. The van der Waals surface area contributed by atoms with Gasteiger partial charge < -0.3 is 43.2 Å². The number of nitrogens with zero attached hydrogens (tertiary/aromatic N) is 1. The van der Waals surface area contributed by atoms with Gasteiger partial charge in [-0.25, -0.2) is 9.59 Å². The summed E-state index contributed by atoms with van der Waals surface area (Å²) in [5, 5.41) is 8.84. The number of carbonyl (C=O) groups excluding carboxylic acids is 3. The van der Waals surface area contributed by atoms with Gasteiger partial charge in [-0.05, 0) is 82.1 Å². The number of aliphatic carboxylic acids is 1. The SMILES string of the molecule is COC(=O)C(CCCN(C)CCc1ccc(OC)c(OC)c1)(C(=O)OC(C)(C)COC(=O)C(=O)O)c1ccc(OC)c(OC)c1. The molecule has 0 saturated heterocycles. The molecule has 0 aliphatic carbocycles. The number of benzene rings is 2. The fourth-order valence-corrected chi connectivity index (χ4v) is 4.69. The molecule has 0 fully saturated rings. The molecule has 1 N–H and O–H groups in total. The molecule has 1 unspecified atom stereocenters. The van der Waals surface area contributed by atoms with E-state index in [1.165, 1.54) is 41.2 Å². The van der Waals surface area contributed by atoms with Gasteiger partial charge in [0.2, 0.25) is 0 Å². The first kappa shape index (κ1) is 36.7. The summed E-state index contributed by atoms with van der Waals surface area (Å²) in [6.07, 6.45) is 1.06. The molecule has 2 rings (SSSR count). The fraction of sp³-hybridized carbons (Fsp3) is 0.500. The lowest BCUT2D eigenvalue weighted by Crippen LogP contribution is -2.50. The van der Waals surface area contributed by atoms with Gasteiger partial charge in [0.15, 0.2) is 28.4 Å². The Labute approximate surface area is 263 Å². The third kappa shape index (κ3) is 9.48. The van der Waals surface area contributed by atoms with Crippen molar-refractivity contribution in [1.82, 2.24) is 4.90 Å². The van der Waals surface area contributed by atoms with Crippen LogP contribution in [0.3, 0.4) is 0 Å². The zero-order chi connectivity index (χ0) is 33.8. The molecule has 0 amide bonds. The van der Waals surface area contributed by atoms with Crippen LogP contribution < -0.4 is 18.9 Å². The molecule has 0 aliphatic rings. The van der Waals surface area contributed by atoms with Gasteiger partial charge in [-0.2, -0.15) is 0 Å². The highest BCUT2D eigenvalue weighted by Gasteiger charge is 2.52. The Morgan fingerprint density at radius 3 is 1.91 bits per heavy atom. The zero-order valence-corrected chi connectivity index (χ0v) is 27.1. The first-order valence-electron chi connectivity index (χ1n) is 14.1. The van der Waals surface area contributed by atoms with Gasteiger partial charge in [-0.3, -0.25) is 9.59 Å². The number of carboxylic acids is 1. The number of hydrogen-bond donors (Lipinski definition) is 1. The van der Waals surface area contributed by atoms with E-state index >= 15 is 0 Å². The van der Waals surface area contributed by atoms with Crippen LogP contribution in [-0.2, 0) is 45.2 Å². The lowest BCUT2D eigenvalue weighted by molar-refractivity contribution is -0.181. The van der Waals surface area contributed by atoms with Gasteiger partial charge in [0.1, 0.15) is 12.2 Å². The van der Waals surface area contributed by atoms with E-state index in [1.807, 2.05) is 25.2 Å². The monoisotopic (exact) mass is 633 g/mol. The second-order valence-corrected chi connectivity index (χ2v) is 10.8. The lowest BCUT2D eigenvalue weighted by atomic mass is 9.76. The van der Waals surface area contributed by atoms with E-state index < -0.39 is 41.5 Å². The van der Waals surface area contributed by atoms with Crippen molar-refractivity contribution in [2.24, 2.45) is 0 Å². The maximum Gasteiger partial charge on any atom is 0.417 e. The van der Waals surface area contributed by atoms with Crippen LogP contribution in [0.4, 0.5) is 0 Å². The van der Waals surface area contributed by atoms with Gasteiger partial charge in [0, 0.05) is 6.54 Å². The molecule has 2 aromatic rings. The van der Waals surface area contributed by atoms with Crippen molar-refractivity contribution in [3.63, 3.8) is 0 Å². The minimum absolute atomic E-state index is 0.0142. The molecule has 0 heterocycles. The minimum atomic E-state index is -1.95. The molecule has 13 heteroatoms. The molecule has 0 aliphatic heterocycles. The van der Waals surface area contributed by atoms with Crippen LogP contribution in [0.5, 0.6) is 23.0 Å². The maximum absolute atomic E-state index is 14.0. The lowest BCUT2D eigenvalue weighted by Gasteiger charge is -2.34. The highest BCUT2D eigenvalue weighted by atomic mass is 16.6. The van der Waals surface area contributed by atoms with Crippen LogP contribution in [0, 0.1) is 0 Å². The van der Waals surface area contributed by atoms with Gasteiger partial charge >= 0.3 is 23.9 Å². The molecule has 0 saturated carbocycles. The molecular formula is C32H43NO12. The summed E-state index contributed by atoms with van der Waals surface area (Å²) in [6.45, 7) is 3.47. The standard InChI is InChI=1S/C32H43NO12/c1-31(2,20-44-28(36)27(34)35)45-30(38)32(29(37)43-8,22-11-13-24(40-5)26(19-22)42-7)15-9-16-33(3)17-14-21-10-12-23(39-4)25(18-21)41-6/h10-13,18-19H,9,14-17,20H2,1-8H3,(H,34,35). The van der Waals surface area contributed by atoms with Crippen LogP contribution in [-0.4, -0.2) is 102 Å². The maximum atomic E-state index is 14.0. The summed E-state index contributed by atoms with van der Waals surface area (Å²) >= 11 is 0. The minimum Gasteiger partial charge on any atom is -0.493 e. The molecule has 2 aromatic carbocycles. The van der Waals surface area contributed by atoms with E-state index in [1.54, 1.807) is 26.4 Å². The third-order valence-electron chi connectivity index (χ3n) is 7.17. The smallest absolute Gasteiger partial charge is 0.417 e. The summed E-state index contributed by atoms with van der Waals surface area (Å²) in [5.74, 6) is -3.21. The van der Waals surface area contributed by atoms with Gasteiger partial charge in [0.25, 0.3) is 0 Å². The molecule has 0 radical (unpaired) electrons. The first-order valence-corrected chi connectivity index (χ1v) is 14.1. The number of methoxy groups -OCH3 is 5. The van der Waals surface area contributed by atoms with Crippen LogP contribution in [0.25, 0.3) is 0 Å². The normalized spacial score (nSPS) is 12.5. The largest absolute Gasteiger partial charge is 0.493 e. The Balaban J connectivity index is 2.35. The van der Waals surface area contributed by atoms with E-state index in [-0.39, 0.29) is 17.7 Å². The Morgan fingerprint density at radius 2 is 1.36 bits per heavy atom. The Kier molecular flexibility index (Phi) is 13.5.